The van der Waals surface area contributed by atoms with E-state index in [2.05, 4.69) is 29.6 Å². The number of ether oxygens (including phenoxy) is 2. The maximum Gasteiger partial charge on any atom is 0.222 e. The molecule has 4 heteroatoms. The third-order valence-corrected chi connectivity index (χ3v) is 4.87. The van der Waals surface area contributed by atoms with Crippen molar-refractivity contribution in [2.45, 2.75) is 37.2 Å². The van der Waals surface area contributed by atoms with Gasteiger partial charge in [-0.15, -0.1) is 12.4 Å². The van der Waals surface area contributed by atoms with Crippen LogP contribution in [-0.2, 0) is 15.3 Å². The number of halogens is 1. The average molecular weight is 346 g/mol. The maximum absolute atomic E-state index is 6.58. The third-order valence-electron chi connectivity index (χ3n) is 4.87. The second kappa shape index (κ2) is 7.66. The van der Waals surface area contributed by atoms with Crippen LogP contribution < -0.4 is 5.32 Å². The van der Waals surface area contributed by atoms with Gasteiger partial charge in [-0.05, 0) is 19.4 Å². The summed E-state index contributed by atoms with van der Waals surface area (Å²) in [7, 11) is 0. The summed E-state index contributed by atoms with van der Waals surface area (Å²) in [4.78, 5) is 0. The van der Waals surface area contributed by atoms with Gasteiger partial charge >= 0.3 is 0 Å². The van der Waals surface area contributed by atoms with E-state index in [-0.39, 0.29) is 18.5 Å². The van der Waals surface area contributed by atoms with Gasteiger partial charge in [-0.2, -0.15) is 0 Å². The van der Waals surface area contributed by atoms with E-state index in [0.29, 0.717) is 12.6 Å². The second-order valence-electron chi connectivity index (χ2n) is 6.37. The Labute approximate surface area is 149 Å². The molecule has 1 unspecified atom stereocenters. The van der Waals surface area contributed by atoms with Crippen LogP contribution in [0.15, 0.2) is 60.7 Å². The maximum atomic E-state index is 6.58. The summed E-state index contributed by atoms with van der Waals surface area (Å²) in [5, 5.41) is 3.60. The number of hydrogen-bond acceptors (Lipinski definition) is 3. The Kier molecular flexibility index (Phi) is 5.57. The van der Waals surface area contributed by atoms with Gasteiger partial charge in [-0.25, -0.2) is 0 Å². The molecule has 2 saturated heterocycles. The Hall–Kier alpha value is -1.39. The molecule has 1 N–H and O–H groups in total. The van der Waals surface area contributed by atoms with Gasteiger partial charge in [-0.3, -0.25) is 0 Å². The van der Waals surface area contributed by atoms with Gasteiger partial charge in [0.25, 0.3) is 0 Å². The molecule has 128 valence electrons. The van der Waals surface area contributed by atoms with Crippen molar-refractivity contribution in [3.63, 3.8) is 0 Å². The van der Waals surface area contributed by atoms with Crippen LogP contribution in [0, 0.1) is 0 Å². The molecule has 0 bridgehead atoms. The Morgan fingerprint density at radius 1 is 0.875 bits per heavy atom. The molecule has 0 radical (unpaired) electrons. The van der Waals surface area contributed by atoms with Gasteiger partial charge in [0.05, 0.1) is 6.61 Å². The number of hydrogen-bond donors (Lipinski definition) is 1. The van der Waals surface area contributed by atoms with Crippen LogP contribution in [0.4, 0.5) is 0 Å². The van der Waals surface area contributed by atoms with E-state index >= 15 is 0 Å². The first-order valence-corrected chi connectivity index (χ1v) is 8.55. The predicted molar refractivity (Wildman–Crippen MR) is 97.4 cm³/mol. The van der Waals surface area contributed by atoms with Crippen molar-refractivity contribution in [3.05, 3.63) is 71.8 Å². The quantitative estimate of drug-likeness (QED) is 0.916. The van der Waals surface area contributed by atoms with Gasteiger partial charge < -0.3 is 14.8 Å². The number of benzene rings is 2. The topological polar surface area (TPSA) is 30.5 Å². The largest absolute Gasteiger partial charge is 0.339 e. The third kappa shape index (κ3) is 3.22. The van der Waals surface area contributed by atoms with Gasteiger partial charge in [0.1, 0.15) is 6.10 Å². The first-order chi connectivity index (χ1) is 11.4. The van der Waals surface area contributed by atoms with Crippen molar-refractivity contribution >= 4 is 12.4 Å². The van der Waals surface area contributed by atoms with E-state index in [4.69, 9.17) is 9.47 Å². The molecule has 3 nitrogen and oxygen atoms in total. The van der Waals surface area contributed by atoms with Crippen LogP contribution in [-0.4, -0.2) is 25.3 Å². The lowest BCUT2D eigenvalue weighted by Gasteiger charge is -2.32. The van der Waals surface area contributed by atoms with Gasteiger partial charge in [-0.1, -0.05) is 67.1 Å². The zero-order valence-electron chi connectivity index (χ0n) is 13.7. The smallest absolute Gasteiger partial charge is 0.222 e. The fraction of sp³-hybridized carbons (Fsp3) is 0.400. The highest BCUT2D eigenvalue weighted by Gasteiger charge is 2.47. The van der Waals surface area contributed by atoms with Crippen LogP contribution in [0.1, 0.15) is 30.4 Å². The van der Waals surface area contributed by atoms with Crippen LogP contribution in [0.3, 0.4) is 0 Å². The minimum atomic E-state index is -0.785. The molecule has 2 aliphatic rings. The Balaban J connectivity index is 0.00000169. The summed E-state index contributed by atoms with van der Waals surface area (Å²) < 4.78 is 12.9. The van der Waals surface area contributed by atoms with Crippen molar-refractivity contribution < 1.29 is 9.47 Å². The first-order valence-electron chi connectivity index (χ1n) is 8.55. The fourth-order valence-electron chi connectivity index (χ4n) is 3.66. The molecule has 24 heavy (non-hydrogen) atoms. The zero-order chi connectivity index (χ0) is 15.5. The predicted octanol–water partition coefficient (Wildman–Crippen LogP) is 3.87. The van der Waals surface area contributed by atoms with Gasteiger partial charge in [0, 0.05) is 17.2 Å². The SMILES string of the molecule is Cl.c1ccc(C2(c3ccccc3)OC[C@H](C3CCCCN3)O2)cc1. The Morgan fingerprint density at radius 3 is 2.04 bits per heavy atom. The average Bonchev–Trinajstić information content (AvgIpc) is 3.11. The van der Waals surface area contributed by atoms with Crippen LogP contribution in [0.2, 0.25) is 0 Å². The van der Waals surface area contributed by atoms with Crippen LogP contribution in [0.5, 0.6) is 0 Å². The van der Waals surface area contributed by atoms with Crippen molar-refractivity contribution in [2.24, 2.45) is 0 Å². The Morgan fingerprint density at radius 2 is 1.50 bits per heavy atom. The molecular formula is C20H24ClNO2. The highest BCUT2D eigenvalue weighted by molar-refractivity contribution is 5.85. The summed E-state index contributed by atoms with van der Waals surface area (Å²) in [6.07, 6.45) is 3.78. The van der Waals surface area contributed by atoms with E-state index in [1.165, 1.54) is 12.8 Å². The van der Waals surface area contributed by atoms with E-state index in [1.807, 2.05) is 36.4 Å². The minimum Gasteiger partial charge on any atom is -0.339 e. The summed E-state index contributed by atoms with van der Waals surface area (Å²) >= 11 is 0. The molecule has 2 heterocycles. The van der Waals surface area contributed by atoms with Crippen LogP contribution in [0.25, 0.3) is 0 Å². The second-order valence-corrected chi connectivity index (χ2v) is 6.37. The molecule has 2 fully saturated rings. The standard InChI is InChI=1S/C20H23NO2.ClH/c1-3-9-16(10-4-1)20(17-11-5-2-6-12-17)22-15-19(23-20)18-13-7-8-14-21-18;/h1-6,9-12,18-19,21H,7-8,13-15H2;1H/t18?,19-;/m1./s1. The van der Waals surface area contributed by atoms with E-state index < -0.39 is 5.79 Å². The molecule has 2 aliphatic heterocycles. The van der Waals surface area contributed by atoms with Crippen molar-refractivity contribution in [1.82, 2.24) is 5.32 Å². The molecular weight excluding hydrogens is 322 g/mol. The van der Waals surface area contributed by atoms with E-state index in [9.17, 15) is 0 Å². The summed E-state index contributed by atoms with van der Waals surface area (Å²) in [5.74, 6) is -0.785. The minimum absolute atomic E-state index is 0. The summed E-state index contributed by atoms with van der Waals surface area (Å²) in [5.41, 5.74) is 2.12. The normalized spacial score (nSPS) is 25.8. The molecule has 2 aromatic carbocycles. The van der Waals surface area contributed by atoms with E-state index in [1.54, 1.807) is 0 Å². The van der Waals surface area contributed by atoms with Crippen molar-refractivity contribution in [3.8, 4) is 0 Å². The first kappa shape index (κ1) is 17.4. The number of piperidine rings is 1. The fourth-order valence-corrected chi connectivity index (χ4v) is 3.66. The highest BCUT2D eigenvalue weighted by Crippen LogP contribution is 2.41. The van der Waals surface area contributed by atoms with E-state index in [0.717, 1.165) is 24.1 Å². The van der Waals surface area contributed by atoms with Crippen molar-refractivity contribution in [1.29, 1.82) is 0 Å². The summed E-state index contributed by atoms with van der Waals surface area (Å²) in [6.45, 7) is 1.70. The number of nitrogens with one attached hydrogen (secondary N) is 1. The number of rotatable bonds is 3. The van der Waals surface area contributed by atoms with Crippen molar-refractivity contribution in [2.75, 3.05) is 13.2 Å². The molecule has 0 aliphatic carbocycles. The van der Waals surface area contributed by atoms with Crippen LogP contribution >= 0.6 is 12.4 Å². The monoisotopic (exact) mass is 345 g/mol. The molecule has 2 atom stereocenters. The Bertz CT molecular complexity index is 589. The lowest BCUT2D eigenvalue weighted by Crippen LogP contribution is -2.45. The zero-order valence-corrected chi connectivity index (χ0v) is 14.5. The lowest BCUT2D eigenvalue weighted by molar-refractivity contribution is -0.146. The molecule has 0 amide bonds. The molecule has 4 rings (SSSR count). The molecule has 2 aromatic rings. The molecule has 0 aromatic heterocycles. The summed E-state index contributed by atoms with van der Waals surface area (Å²) in [6, 6.07) is 20.9. The van der Waals surface area contributed by atoms with Gasteiger partial charge in [0.2, 0.25) is 5.79 Å². The molecule has 0 spiro atoms. The molecule has 0 saturated carbocycles. The highest BCUT2D eigenvalue weighted by atomic mass is 35.5. The lowest BCUT2D eigenvalue weighted by atomic mass is 9.97. The van der Waals surface area contributed by atoms with Gasteiger partial charge in [0.15, 0.2) is 0 Å².